The lowest BCUT2D eigenvalue weighted by Gasteiger charge is -2.05. The van der Waals surface area contributed by atoms with E-state index in [4.69, 9.17) is 4.74 Å². The molecule has 80 valence electrons. The summed E-state index contributed by atoms with van der Waals surface area (Å²) in [6, 6.07) is 8.93. The Morgan fingerprint density at radius 2 is 2.00 bits per heavy atom. The zero-order valence-corrected chi connectivity index (χ0v) is 8.46. The van der Waals surface area contributed by atoms with Gasteiger partial charge in [0.25, 0.3) is 0 Å². The van der Waals surface area contributed by atoms with Gasteiger partial charge in [0, 0.05) is 12.4 Å². The minimum atomic E-state index is -0.435. The molecule has 4 heteroatoms. The summed E-state index contributed by atoms with van der Waals surface area (Å²) < 4.78 is 5.05. The molecule has 1 aliphatic heterocycles. The molecule has 0 saturated heterocycles. The lowest BCUT2D eigenvalue weighted by Crippen LogP contribution is -2.23. The number of aliphatic imine (C=N–C) groups is 1. The van der Waals surface area contributed by atoms with Gasteiger partial charge < -0.3 is 10.1 Å². The molecule has 4 nitrogen and oxygen atoms in total. The van der Waals surface area contributed by atoms with Crippen molar-refractivity contribution in [1.29, 1.82) is 0 Å². The second-order valence-electron chi connectivity index (χ2n) is 3.03. The van der Waals surface area contributed by atoms with Crippen molar-refractivity contribution in [2.75, 3.05) is 0 Å². The van der Waals surface area contributed by atoms with E-state index in [2.05, 4.69) is 10.3 Å². The smallest absolute Gasteiger partial charge is 0.345 e. The van der Waals surface area contributed by atoms with E-state index in [1.807, 2.05) is 6.07 Å². The molecule has 2 rings (SSSR count). The lowest BCUT2D eigenvalue weighted by atomic mass is 10.2. The Balaban J connectivity index is 2.06. The Hall–Kier alpha value is -2.36. The van der Waals surface area contributed by atoms with Gasteiger partial charge in [0.05, 0.1) is 5.56 Å². The van der Waals surface area contributed by atoms with E-state index in [0.717, 1.165) is 0 Å². The van der Waals surface area contributed by atoms with E-state index in [-0.39, 0.29) is 6.02 Å². The first kappa shape index (κ1) is 10.2. The number of carbonyl (C=O) groups excluding carboxylic acids is 1. The van der Waals surface area contributed by atoms with Gasteiger partial charge >= 0.3 is 12.0 Å². The van der Waals surface area contributed by atoms with E-state index in [0.29, 0.717) is 5.56 Å². The van der Waals surface area contributed by atoms with Gasteiger partial charge in [-0.15, -0.1) is 0 Å². The van der Waals surface area contributed by atoms with E-state index in [9.17, 15) is 4.79 Å². The number of nitrogens with zero attached hydrogens (tertiary/aromatic N) is 1. The Labute approximate surface area is 93.0 Å². The third kappa shape index (κ3) is 2.57. The van der Waals surface area contributed by atoms with Crippen molar-refractivity contribution in [2.45, 2.75) is 0 Å². The Kier molecular flexibility index (Phi) is 3.13. The van der Waals surface area contributed by atoms with Crippen LogP contribution in [0.3, 0.4) is 0 Å². The standard InChI is InChI=1S/C12H10N2O2/c15-11(10-6-2-1-3-7-10)16-12-13-8-4-5-9-14-12/h1-9H,(H,13,14). The minimum Gasteiger partial charge on any atom is -0.388 e. The fourth-order valence-electron chi connectivity index (χ4n) is 1.15. The Bertz CT molecular complexity index is 461. The maximum atomic E-state index is 11.6. The molecule has 0 aliphatic carbocycles. The number of amidine groups is 1. The summed E-state index contributed by atoms with van der Waals surface area (Å²) in [6.45, 7) is 0. The molecule has 1 aromatic carbocycles. The second-order valence-corrected chi connectivity index (χ2v) is 3.03. The van der Waals surface area contributed by atoms with Gasteiger partial charge in [-0.25, -0.2) is 9.79 Å². The molecular formula is C12H10N2O2. The zero-order valence-electron chi connectivity index (χ0n) is 8.46. The van der Waals surface area contributed by atoms with Crippen molar-refractivity contribution in [3.8, 4) is 0 Å². The monoisotopic (exact) mass is 214 g/mol. The van der Waals surface area contributed by atoms with Crippen molar-refractivity contribution in [2.24, 2.45) is 4.99 Å². The van der Waals surface area contributed by atoms with E-state index in [1.54, 1.807) is 48.8 Å². The highest BCUT2D eigenvalue weighted by atomic mass is 16.6. The van der Waals surface area contributed by atoms with Crippen LogP contribution in [0.5, 0.6) is 0 Å². The molecule has 0 atom stereocenters. The summed E-state index contributed by atoms with van der Waals surface area (Å²) in [6.07, 6.45) is 6.67. The number of esters is 1. The number of rotatable bonds is 1. The summed E-state index contributed by atoms with van der Waals surface area (Å²) in [5, 5.41) is 2.75. The number of allylic oxidation sites excluding steroid dienone is 2. The van der Waals surface area contributed by atoms with Crippen molar-refractivity contribution in [3.63, 3.8) is 0 Å². The number of nitrogens with one attached hydrogen (secondary N) is 1. The molecule has 1 N–H and O–H groups in total. The number of benzene rings is 1. The first-order valence-electron chi connectivity index (χ1n) is 4.79. The average molecular weight is 214 g/mol. The maximum absolute atomic E-state index is 11.6. The van der Waals surface area contributed by atoms with Gasteiger partial charge in [-0.2, -0.15) is 0 Å². The van der Waals surface area contributed by atoms with Crippen LogP contribution in [0.2, 0.25) is 0 Å². The van der Waals surface area contributed by atoms with Crippen molar-refractivity contribution < 1.29 is 9.53 Å². The predicted molar refractivity (Wildman–Crippen MR) is 60.7 cm³/mol. The van der Waals surface area contributed by atoms with Gasteiger partial charge in [0.1, 0.15) is 0 Å². The quantitative estimate of drug-likeness (QED) is 0.725. The summed E-state index contributed by atoms with van der Waals surface area (Å²) in [7, 11) is 0. The highest BCUT2D eigenvalue weighted by Gasteiger charge is 2.09. The maximum Gasteiger partial charge on any atom is 0.345 e. The molecule has 0 amide bonds. The summed E-state index contributed by atoms with van der Waals surface area (Å²) in [4.78, 5) is 15.5. The molecule has 0 aromatic heterocycles. The van der Waals surface area contributed by atoms with Crippen LogP contribution in [-0.2, 0) is 4.74 Å². The van der Waals surface area contributed by atoms with E-state index >= 15 is 0 Å². The number of hydrogen-bond donors (Lipinski definition) is 1. The van der Waals surface area contributed by atoms with Crippen LogP contribution in [0.1, 0.15) is 10.4 Å². The zero-order chi connectivity index (χ0) is 11.2. The lowest BCUT2D eigenvalue weighted by molar-refractivity contribution is 0.0710. The Morgan fingerprint density at radius 3 is 2.81 bits per heavy atom. The molecular weight excluding hydrogens is 204 g/mol. The van der Waals surface area contributed by atoms with Gasteiger partial charge in [-0.1, -0.05) is 18.2 Å². The van der Waals surface area contributed by atoms with Crippen molar-refractivity contribution in [1.82, 2.24) is 5.32 Å². The van der Waals surface area contributed by atoms with Crippen molar-refractivity contribution >= 4 is 12.0 Å². The van der Waals surface area contributed by atoms with Crippen LogP contribution in [-0.4, -0.2) is 12.0 Å². The van der Waals surface area contributed by atoms with Crippen LogP contribution < -0.4 is 5.32 Å². The van der Waals surface area contributed by atoms with E-state index in [1.165, 1.54) is 0 Å². The summed E-state index contributed by atoms with van der Waals surface area (Å²) in [5.74, 6) is -0.435. The van der Waals surface area contributed by atoms with Gasteiger partial charge in [0.15, 0.2) is 0 Å². The molecule has 0 spiro atoms. The fraction of sp³-hybridized carbons (Fsp3) is 0. The highest BCUT2D eigenvalue weighted by Crippen LogP contribution is 2.01. The minimum absolute atomic E-state index is 0.166. The molecule has 0 bridgehead atoms. The normalized spacial score (nSPS) is 13.6. The third-order valence-corrected chi connectivity index (χ3v) is 1.89. The molecule has 1 aliphatic rings. The fourth-order valence-corrected chi connectivity index (χ4v) is 1.15. The average Bonchev–Trinajstić information content (AvgIpc) is 2.59. The second kappa shape index (κ2) is 4.93. The van der Waals surface area contributed by atoms with Gasteiger partial charge in [-0.05, 0) is 24.3 Å². The van der Waals surface area contributed by atoms with Crippen LogP contribution in [0.15, 0.2) is 59.9 Å². The topological polar surface area (TPSA) is 50.7 Å². The number of carbonyl (C=O) groups is 1. The first-order chi connectivity index (χ1) is 7.86. The molecule has 0 fully saturated rings. The van der Waals surface area contributed by atoms with Crippen LogP contribution >= 0.6 is 0 Å². The van der Waals surface area contributed by atoms with E-state index < -0.39 is 5.97 Å². The Morgan fingerprint density at radius 1 is 1.19 bits per heavy atom. The van der Waals surface area contributed by atoms with Gasteiger partial charge in [-0.3, -0.25) is 0 Å². The van der Waals surface area contributed by atoms with Crippen molar-refractivity contribution in [3.05, 3.63) is 60.4 Å². The molecule has 16 heavy (non-hydrogen) atoms. The SMILES string of the molecule is O=C(OC1=NC=CC=CN1)c1ccccc1. The van der Waals surface area contributed by atoms with Crippen LogP contribution in [0.25, 0.3) is 0 Å². The molecule has 1 heterocycles. The van der Waals surface area contributed by atoms with Crippen LogP contribution in [0.4, 0.5) is 0 Å². The summed E-state index contributed by atoms with van der Waals surface area (Å²) >= 11 is 0. The largest absolute Gasteiger partial charge is 0.388 e. The first-order valence-corrected chi connectivity index (χ1v) is 4.79. The summed E-state index contributed by atoms with van der Waals surface area (Å²) in [5.41, 5.74) is 0.490. The third-order valence-electron chi connectivity index (χ3n) is 1.89. The molecule has 0 unspecified atom stereocenters. The highest BCUT2D eigenvalue weighted by molar-refractivity contribution is 5.98. The number of hydrogen-bond acceptors (Lipinski definition) is 4. The van der Waals surface area contributed by atoms with Gasteiger partial charge in [0.2, 0.25) is 0 Å². The van der Waals surface area contributed by atoms with Crippen LogP contribution in [0, 0.1) is 0 Å². The molecule has 0 saturated carbocycles. The number of ether oxygens (including phenoxy) is 1. The predicted octanol–water partition coefficient (Wildman–Crippen LogP) is 1.83. The molecule has 1 aromatic rings. The molecule has 0 radical (unpaired) electrons.